The van der Waals surface area contributed by atoms with Gasteiger partial charge in [-0.2, -0.15) is 0 Å². The molecule has 0 spiro atoms. The topological polar surface area (TPSA) is 12.0 Å². The average molecular weight is 358 g/mol. The molecule has 1 nitrogen and oxygen atoms in total. The molecule has 1 N–H and O–H groups in total. The number of nitrogens with one attached hydrogen (secondary N) is 1. The molecule has 0 saturated heterocycles. The SMILES string of the molecule is Cc1ccc([Si@@]2(C(C)(C)C)c3ccccc3Nc3cc(C)ccc32)cc1. The summed E-state index contributed by atoms with van der Waals surface area (Å²) in [4.78, 5) is 0. The molecule has 0 aromatic heterocycles. The quantitative estimate of drug-likeness (QED) is 0.626. The van der Waals surface area contributed by atoms with Gasteiger partial charge in [0.2, 0.25) is 0 Å². The van der Waals surface area contributed by atoms with Crippen LogP contribution in [0.25, 0.3) is 0 Å². The van der Waals surface area contributed by atoms with E-state index in [9.17, 15) is 0 Å². The van der Waals surface area contributed by atoms with Crippen molar-refractivity contribution in [3.63, 3.8) is 0 Å². The lowest BCUT2D eigenvalue weighted by Crippen LogP contribution is -2.74. The normalized spacial score (nSPS) is 18.7. The third-order valence-electron chi connectivity index (χ3n) is 5.79. The van der Waals surface area contributed by atoms with Gasteiger partial charge in [-0.3, -0.25) is 0 Å². The van der Waals surface area contributed by atoms with Crippen LogP contribution in [0.3, 0.4) is 0 Å². The third kappa shape index (κ3) is 2.36. The molecule has 0 amide bonds. The summed E-state index contributed by atoms with van der Waals surface area (Å²) in [7, 11) is -2.21. The predicted octanol–water partition coefficient (Wildman–Crippen LogP) is 4.63. The zero-order valence-corrected chi connectivity index (χ0v) is 17.4. The molecule has 0 aliphatic carbocycles. The molecule has 132 valence electrons. The van der Waals surface area contributed by atoms with Crippen molar-refractivity contribution in [2.24, 2.45) is 0 Å². The maximum atomic E-state index is 3.72. The number of para-hydroxylation sites is 1. The number of benzene rings is 3. The van der Waals surface area contributed by atoms with Gasteiger partial charge >= 0.3 is 0 Å². The molecule has 26 heavy (non-hydrogen) atoms. The molecular formula is C24H27NSi. The molecule has 0 unspecified atom stereocenters. The Morgan fingerprint density at radius 1 is 0.692 bits per heavy atom. The van der Waals surface area contributed by atoms with Crippen LogP contribution >= 0.6 is 0 Å². The second kappa shape index (κ2) is 5.85. The monoisotopic (exact) mass is 357 g/mol. The van der Waals surface area contributed by atoms with E-state index < -0.39 is 8.07 Å². The Morgan fingerprint density at radius 3 is 2.00 bits per heavy atom. The third-order valence-corrected chi connectivity index (χ3v) is 11.7. The van der Waals surface area contributed by atoms with Crippen molar-refractivity contribution in [3.8, 4) is 0 Å². The summed E-state index contributed by atoms with van der Waals surface area (Å²) in [6.07, 6.45) is 0. The first-order valence-corrected chi connectivity index (χ1v) is 11.4. The van der Waals surface area contributed by atoms with Gasteiger partial charge in [-0.1, -0.05) is 80.9 Å². The van der Waals surface area contributed by atoms with E-state index in [0.717, 1.165) is 0 Å². The van der Waals surface area contributed by atoms with Gasteiger partial charge in [0.05, 0.1) is 0 Å². The molecule has 1 heterocycles. The van der Waals surface area contributed by atoms with Gasteiger partial charge in [0, 0.05) is 11.4 Å². The number of aryl methyl sites for hydroxylation is 2. The van der Waals surface area contributed by atoms with E-state index in [4.69, 9.17) is 0 Å². The summed E-state index contributed by atoms with van der Waals surface area (Å²) in [6, 6.07) is 25.2. The first-order chi connectivity index (χ1) is 12.3. The molecule has 0 radical (unpaired) electrons. The maximum absolute atomic E-state index is 3.72. The average Bonchev–Trinajstić information content (AvgIpc) is 2.59. The van der Waals surface area contributed by atoms with Gasteiger partial charge in [-0.25, -0.2) is 0 Å². The van der Waals surface area contributed by atoms with Crippen molar-refractivity contribution in [3.05, 3.63) is 77.9 Å². The van der Waals surface area contributed by atoms with E-state index >= 15 is 0 Å². The van der Waals surface area contributed by atoms with Crippen molar-refractivity contribution in [2.75, 3.05) is 5.32 Å². The highest BCUT2D eigenvalue weighted by Gasteiger charge is 2.52. The highest BCUT2D eigenvalue weighted by molar-refractivity contribution is 7.15. The van der Waals surface area contributed by atoms with Crippen LogP contribution in [0.15, 0.2) is 66.7 Å². The number of fused-ring (bicyclic) bond motifs is 2. The highest BCUT2D eigenvalue weighted by atomic mass is 28.3. The Hall–Kier alpha value is -2.32. The fourth-order valence-electron chi connectivity index (χ4n) is 4.65. The molecule has 0 bridgehead atoms. The lowest BCUT2D eigenvalue weighted by Gasteiger charge is -2.48. The lowest BCUT2D eigenvalue weighted by molar-refractivity contribution is 0.739. The van der Waals surface area contributed by atoms with Crippen LogP contribution in [0.5, 0.6) is 0 Å². The molecule has 1 aliphatic rings. The molecule has 4 rings (SSSR count). The Labute approximate surface area is 158 Å². The summed E-state index contributed by atoms with van der Waals surface area (Å²) in [6.45, 7) is 11.6. The molecule has 2 heteroatoms. The molecule has 1 atom stereocenters. The summed E-state index contributed by atoms with van der Waals surface area (Å²) < 4.78 is 0. The van der Waals surface area contributed by atoms with E-state index in [2.05, 4.69) is 107 Å². The lowest BCUT2D eigenvalue weighted by atomic mass is 10.2. The Bertz CT molecular complexity index is 966. The molecule has 1 aliphatic heterocycles. The summed E-state index contributed by atoms with van der Waals surface area (Å²) in [5.41, 5.74) is 5.17. The molecule has 0 saturated carbocycles. The van der Waals surface area contributed by atoms with Crippen LogP contribution in [0.2, 0.25) is 5.04 Å². The van der Waals surface area contributed by atoms with Crippen LogP contribution in [-0.2, 0) is 0 Å². The number of rotatable bonds is 1. The van der Waals surface area contributed by atoms with E-state index in [1.165, 1.54) is 38.1 Å². The Balaban J connectivity index is 2.16. The minimum absolute atomic E-state index is 0.143. The van der Waals surface area contributed by atoms with E-state index in [1.54, 1.807) is 0 Å². The van der Waals surface area contributed by atoms with Crippen LogP contribution in [0.4, 0.5) is 11.4 Å². The van der Waals surface area contributed by atoms with Crippen LogP contribution in [0, 0.1) is 13.8 Å². The smallest absolute Gasteiger partial charge is 0.158 e. The van der Waals surface area contributed by atoms with Gasteiger partial charge in [0.25, 0.3) is 0 Å². The summed E-state index contributed by atoms with van der Waals surface area (Å²) >= 11 is 0. The van der Waals surface area contributed by atoms with Crippen molar-refractivity contribution in [1.29, 1.82) is 0 Å². The molecule has 3 aromatic rings. The van der Waals surface area contributed by atoms with Crippen molar-refractivity contribution in [1.82, 2.24) is 0 Å². The van der Waals surface area contributed by atoms with Gasteiger partial charge in [0.15, 0.2) is 8.07 Å². The van der Waals surface area contributed by atoms with E-state index in [1.807, 2.05) is 0 Å². The number of hydrogen-bond acceptors (Lipinski definition) is 1. The number of anilines is 2. The first kappa shape index (κ1) is 17.1. The summed E-state index contributed by atoms with van der Waals surface area (Å²) in [5.74, 6) is 0. The zero-order chi connectivity index (χ0) is 18.5. The minimum atomic E-state index is -2.21. The number of hydrogen-bond donors (Lipinski definition) is 1. The Morgan fingerprint density at radius 2 is 1.31 bits per heavy atom. The standard InChI is InChI=1S/C24H27NSi/c1-17-10-13-19(14-11-17)26(24(3,4)5)22-9-7-6-8-20(22)25-21-16-18(2)12-15-23(21)26/h6-16,25H,1-5H3/t26-/m1/s1. The molecule has 0 fully saturated rings. The second-order valence-electron chi connectivity index (χ2n) is 8.59. The Kier molecular flexibility index (Phi) is 3.85. The van der Waals surface area contributed by atoms with Gasteiger partial charge in [-0.05, 0) is 52.1 Å². The van der Waals surface area contributed by atoms with Crippen molar-refractivity contribution >= 4 is 35.0 Å². The van der Waals surface area contributed by atoms with E-state index in [0.29, 0.717) is 0 Å². The van der Waals surface area contributed by atoms with Crippen molar-refractivity contribution in [2.45, 2.75) is 39.7 Å². The van der Waals surface area contributed by atoms with Crippen molar-refractivity contribution < 1.29 is 0 Å². The van der Waals surface area contributed by atoms with Gasteiger partial charge in [0.1, 0.15) is 0 Å². The van der Waals surface area contributed by atoms with Gasteiger partial charge in [-0.15, -0.1) is 0 Å². The van der Waals surface area contributed by atoms with E-state index in [-0.39, 0.29) is 5.04 Å². The van der Waals surface area contributed by atoms with Crippen LogP contribution < -0.4 is 20.9 Å². The summed E-state index contributed by atoms with van der Waals surface area (Å²) in [5, 5.41) is 8.35. The first-order valence-electron chi connectivity index (χ1n) is 9.39. The largest absolute Gasteiger partial charge is 0.356 e. The fraction of sp³-hybridized carbons (Fsp3) is 0.250. The highest BCUT2D eigenvalue weighted by Crippen LogP contribution is 2.41. The predicted molar refractivity (Wildman–Crippen MR) is 116 cm³/mol. The minimum Gasteiger partial charge on any atom is -0.356 e. The second-order valence-corrected chi connectivity index (χ2v) is 13.2. The maximum Gasteiger partial charge on any atom is 0.158 e. The van der Waals surface area contributed by atoms with Crippen LogP contribution in [-0.4, -0.2) is 8.07 Å². The molecule has 3 aromatic carbocycles. The molecular weight excluding hydrogens is 330 g/mol. The van der Waals surface area contributed by atoms with Gasteiger partial charge < -0.3 is 5.32 Å². The van der Waals surface area contributed by atoms with Crippen LogP contribution in [0.1, 0.15) is 31.9 Å². The zero-order valence-electron chi connectivity index (χ0n) is 16.4. The fourth-order valence-corrected chi connectivity index (χ4v) is 10.5.